The van der Waals surface area contributed by atoms with Crippen molar-refractivity contribution >= 4 is 46.3 Å². The molecule has 37 heavy (non-hydrogen) atoms. The van der Waals surface area contributed by atoms with Crippen LogP contribution in [0, 0.1) is 19.3 Å². The number of benzene rings is 4. The van der Waals surface area contributed by atoms with E-state index >= 15 is 0 Å². The average molecular weight is 619 g/mol. The second kappa shape index (κ2) is 9.20. The predicted molar refractivity (Wildman–Crippen MR) is 163 cm³/mol. The van der Waals surface area contributed by atoms with Gasteiger partial charge in [-0.25, -0.2) is 0 Å². The first-order valence-electron chi connectivity index (χ1n) is 13.1. The minimum absolute atomic E-state index is 0.0368. The van der Waals surface area contributed by atoms with Crippen LogP contribution in [0.5, 0.6) is 0 Å². The van der Waals surface area contributed by atoms with Crippen molar-refractivity contribution in [2.45, 2.75) is 38.2 Å². The van der Waals surface area contributed by atoms with Gasteiger partial charge in [0.2, 0.25) is 0 Å². The summed E-state index contributed by atoms with van der Waals surface area (Å²) in [4.78, 5) is 0. The summed E-state index contributed by atoms with van der Waals surface area (Å²) in [6, 6.07) is 28.9. The Hall–Kier alpha value is -1.70. The van der Waals surface area contributed by atoms with Crippen molar-refractivity contribution in [1.29, 1.82) is 0 Å². The number of fused-ring (bicyclic) bond motifs is 4. The number of allylic oxidation sites excluding steroid dienone is 1. The summed E-state index contributed by atoms with van der Waals surface area (Å²) in [5.74, 6) is 0. The molecule has 0 amide bonds. The molecule has 4 aromatic carbocycles. The van der Waals surface area contributed by atoms with E-state index < -0.39 is 27.4 Å². The van der Waals surface area contributed by atoms with Crippen molar-refractivity contribution in [3.8, 4) is 22.3 Å². The molecule has 2 aliphatic rings. The Morgan fingerprint density at radius 3 is 2.14 bits per heavy atom. The summed E-state index contributed by atoms with van der Waals surface area (Å²) in [7, 11) is 15.1. The van der Waals surface area contributed by atoms with Crippen LogP contribution in [0.15, 0.2) is 84.4 Å². The minimum atomic E-state index is -4.00. The maximum absolute atomic E-state index is 7.85. The molecule has 0 N–H and O–H groups in total. The van der Waals surface area contributed by atoms with E-state index in [9.17, 15) is 0 Å². The van der Waals surface area contributed by atoms with Gasteiger partial charge in [0, 0.05) is 0 Å². The topological polar surface area (TPSA) is 0 Å². The Balaban J connectivity index is 1.57. The Kier molecular flexibility index (Phi) is 6.36. The molecule has 6 rings (SSSR count). The van der Waals surface area contributed by atoms with Crippen molar-refractivity contribution < 1.29 is 17.9 Å². The predicted octanol–water partition coefficient (Wildman–Crippen LogP) is 7.34. The molecule has 186 valence electrons. The van der Waals surface area contributed by atoms with E-state index in [4.69, 9.17) is 17.0 Å². The maximum atomic E-state index is 7.85. The molecule has 0 saturated heterocycles. The van der Waals surface area contributed by atoms with Gasteiger partial charge in [0.05, 0.1) is 0 Å². The van der Waals surface area contributed by atoms with Crippen molar-refractivity contribution in [1.82, 2.24) is 0 Å². The second-order valence-electron chi connectivity index (χ2n) is 11.6. The molecule has 1 aliphatic heterocycles. The molecule has 0 nitrogen and oxygen atoms in total. The van der Waals surface area contributed by atoms with Crippen LogP contribution >= 0.6 is 17.0 Å². The fourth-order valence-electron chi connectivity index (χ4n) is 6.43. The zero-order chi connectivity index (χ0) is 26.1. The van der Waals surface area contributed by atoms with Gasteiger partial charge in [-0.15, -0.1) is 0 Å². The molecule has 0 saturated carbocycles. The molecule has 4 heteroatoms. The first-order chi connectivity index (χ1) is 17.6. The van der Waals surface area contributed by atoms with Crippen molar-refractivity contribution in [3.05, 3.63) is 107 Å². The summed E-state index contributed by atoms with van der Waals surface area (Å²) in [5.41, 5.74) is 12.0. The van der Waals surface area contributed by atoms with Gasteiger partial charge in [0.25, 0.3) is 0 Å². The fraction of sp³-hybridized carbons (Fsp3) is 0.212. The van der Waals surface area contributed by atoms with E-state index in [0.29, 0.717) is 0 Å². The molecule has 1 aliphatic carbocycles. The van der Waals surface area contributed by atoms with Gasteiger partial charge >= 0.3 is 237 Å². The molecular formula is C33H32Cl2SiZr. The fourth-order valence-corrected chi connectivity index (χ4v) is 23.6. The van der Waals surface area contributed by atoms with Crippen molar-refractivity contribution in [2.24, 2.45) is 5.41 Å². The first-order valence-corrected chi connectivity index (χ1v) is 23.5. The Bertz CT molecular complexity index is 1590. The third-order valence-electron chi connectivity index (χ3n) is 8.26. The van der Waals surface area contributed by atoms with E-state index in [-0.39, 0.29) is 9.04 Å². The van der Waals surface area contributed by atoms with E-state index in [2.05, 4.69) is 120 Å². The Labute approximate surface area is 235 Å². The van der Waals surface area contributed by atoms with Crippen LogP contribution in [-0.2, 0) is 17.9 Å². The molecule has 1 unspecified atom stereocenters. The van der Waals surface area contributed by atoms with Crippen molar-refractivity contribution in [3.63, 3.8) is 0 Å². The van der Waals surface area contributed by atoms with Gasteiger partial charge < -0.3 is 0 Å². The van der Waals surface area contributed by atoms with Gasteiger partial charge in [0.15, 0.2) is 0 Å². The number of hydrogen-bond donors (Lipinski definition) is 0. The monoisotopic (exact) mass is 616 g/mol. The summed E-state index contributed by atoms with van der Waals surface area (Å²) in [5, 5.41) is 2.99. The van der Waals surface area contributed by atoms with E-state index in [1.54, 1.807) is 0 Å². The first kappa shape index (κ1) is 25.6. The van der Waals surface area contributed by atoms with Gasteiger partial charge in [-0.05, 0) is 0 Å². The Morgan fingerprint density at radius 2 is 1.41 bits per heavy atom. The third kappa shape index (κ3) is 4.11. The second-order valence-corrected chi connectivity index (χ2v) is 27.5. The molecule has 0 spiro atoms. The van der Waals surface area contributed by atoms with Crippen LogP contribution in [-0.4, -0.2) is 9.52 Å². The van der Waals surface area contributed by atoms with Crippen LogP contribution in [0.4, 0.5) is 0 Å². The van der Waals surface area contributed by atoms with E-state index in [1.165, 1.54) is 63.7 Å². The molecule has 0 fully saturated rings. The molecule has 0 aromatic heterocycles. The SMILES string of the molecule is Cc1ccccc1-c1c(C)ccc2c1C=C(C(C)(C)C)[CH]2[Zr]([Cl])([Cl])[c]1cccc2c1[SiH2]c1ccccc1-2. The molecule has 1 heterocycles. The normalized spacial score (nSPS) is 16.9. The van der Waals surface area contributed by atoms with Gasteiger partial charge in [0.1, 0.15) is 0 Å². The zero-order valence-electron chi connectivity index (χ0n) is 22.1. The van der Waals surface area contributed by atoms with Crippen LogP contribution in [0.25, 0.3) is 28.3 Å². The van der Waals surface area contributed by atoms with Crippen LogP contribution < -0.4 is 13.6 Å². The number of rotatable bonds is 3. The van der Waals surface area contributed by atoms with Gasteiger partial charge in [-0.2, -0.15) is 0 Å². The standard InChI is InChI=1S/C21H23.C12H9Si.2ClH.Zr/c1-14-8-6-7-9-18(14)20-15(2)10-11-16-12-17(13-19(16)20)21(3,4)5;1-3-7-11-9(5-1)10-6-2-4-8-12(10)13-11;;;/h6-13H,1-5H3;1-7H,13H2;2*1H;/q;;;;+2/p-2. The summed E-state index contributed by atoms with van der Waals surface area (Å²) in [6.07, 6.45) is 2.44. The summed E-state index contributed by atoms with van der Waals surface area (Å²) >= 11 is -4.00. The third-order valence-corrected chi connectivity index (χ3v) is 22.5. The summed E-state index contributed by atoms with van der Waals surface area (Å²) in [6.45, 7) is 11.4. The van der Waals surface area contributed by atoms with Crippen LogP contribution in [0.1, 0.15) is 46.7 Å². The molecular weight excluding hydrogens is 587 g/mol. The molecule has 0 bridgehead atoms. The van der Waals surface area contributed by atoms with Crippen LogP contribution in [0.3, 0.4) is 0 Å². The molecule has 4 aromatic rings. The average Bonchev–Trinajstić information content (AvgIpc) is 3.44. The molecule has 1 atom stereocenters. The number of hydrogen-bond acceptors (Lipinski definition) is 0. The van der Waals surface area contributed by atoms with E-state index in [0.717, 1.165) is 0 Å². The quantitative estimate of drug-likeness (QED) is 0.186. The number of halogens is 2. The van der Waals surface area contributed by atoms with Crippen molar-refractivity contribution in [2.75, 3.05) is 0 Å². The van der Waals surface area contributed by atoms with Gasteiger partial charge in [-0.3, -0.25) is 0 Å². The van der Waals surface area contributed by atoms with Crippen LogP contribution in [0.2, 0.25) is 0 Å². The van der Waals surface area contributed by atoms with Gasteiger partial charge in [-0.1, -0.05) is 0 Å². The number of aryl methyl sites for hydroxylation is 2. The molecule has 0 radical (unpaired) electrons. The Morgan fingerprint density at radius 1 is 0.730 bits per heavy atom. The van der Waals surface area contributed by atoms with E-state index in [1.807, 2.05) is 0 Å². The zero-order valence-corrected chi connectivity index (χ0v) is 27.5. The summed E-state index contributed by atoms with van der Waals surface area (Å²) < 4.78 is 1.38.